The number of nitrogens with zero attached hydrogens (tertiary/aromatic N) is 4. The molecule has 3 rings (SSSR count). The van der Waals surface area contributed by atoms with Crippen molar-refractivity contribution in [2.45, 2.75) is 19.8 Å². The van der Waals surface area contributed by atoms with Gasteiger partial charge in [0, 0.05) is 18.8 Å². The van der Waals surface area contributed by atoms with Crippen LogP contribution in [-0.2, 0) is 0 Å². The van der Waals surface area contributed by atoms with Gasteiger partial charge in [-0.3, -0.25) is 0 Å². The zero-order chi connectivity index (χ0) is 18.2. The maximum absolute atomic E-state index is 5.47. The summed E-state index contributed by atoms with van der Waals surface area (Å²) in [5.41, 5.74) is 0.863. The molecule has 1 fully saturated rings. The van der Waals surface area contributed by atoms with Crippen LogP contribution >= 0.6 is 0 Å². The molecule has 0 unspecified atom stereocenters. The number of rotatable bonds is 9. The molecular weight excluding hydrogens is 332 g/mol. The van der Waals surface area contributed by atoms with Gasteiger partial charge in [0.25, 0.3) is 0 Å². The van der Waals surface area contributed by atoms with Gasteiger partial charge in [0.2, 0.25) is 11.9 Å². The Morgan fingerprint density at radius 2 is 1.77 bits per heavy atom. The highest BCUT2D eigenvalue weighted by molar-refractivity contribution is 5.55. The predicted octanol–water partition coefficient (Wildman–Crippen LogP) is 2.53. The average molecular weight is 358 g/mol. The second kappa shape index (κ2) is 9.19. The molecule has 1 saturated heterocycles. The average Bonchev–Trinajstić information content (AvgIpc) is 3.16. The lowest BCUT2D eigenvalue weighted by Gasteiger charge is -2.15. The molecule has 2 N–H and O–H groups in total. The minimum atomic E-state index is 0.308. The molecule has 0 atom stereocenters. The number of aromatic nitrogens is 3. The van der Waals surface area contributed by atoms with Gasteiger partial charge in [-0.25, -0.2) is 0 Å². The Morgan fingerprint density at radius 3 is 2.46 bits per heavy atom. The molecule has 1 aliphatic rings. The smallest absolute Gasteiger partial charge is 0.323 e. The fourth-order valence-electron chi connectivity index (χ4n) is 2.82. The van der Waals surface area contributed by atoms with Gasteiger partial charge in [0.15, 0.2) is 0 Å². The van der Waals surface area contributed by atoms with Gasteiger partial charge >= 0.3 is 6.01 Å². The normalized spacial score (nSPS) is 14.2. The van der Waals surface area contributed by atoms with Crippen molar-refractivity contribution in [1.82, 2.24) is 19.9 Å². The van der Waals surface area contributed by atoms with Crippen LogP contribution in [-0.4, -0.2) is 59.7 Å². The Morgan fingerprint density at radius 1 is 1.04 bits per heavy atom. The quantitative estimate of drug-likeness (QED) is 0.707. The van der Waals surface area contributed by atoms with Crippen molar-refractivity contribution >= 4 is 17.6 Å². The first-order valence-electron chi connectivity index (χ1n) is 9.03. The van der Waals surface area contributed by atoms with Crippen LogP contribution in [0.5, 0.6) is 11.8 Å². The second-order valence-electron chi connectivity index (χ2n) is 6.03. The van der Waals surface area contributed by atoms with E-state index in [0.717, 1.165) is 24.5 Å². The van der Waals surface area contributed by atoms with Gasteiger partial charge in [-0.1, -0.05) is 0 Å². The molecule has 0 saturated carbocycles. The van der Waals surface area contributed by atoms with Gasteiger partial charge < -0.3 is 25.0 Å². The summed E-state index contributed by atoms with van der Waals surface area (Å²) in [6.07, 6.45) is 2.58. The summed E-state index contributed by atoms with van der Waals surface area (Å²) < 4.78 is 10.6. The third kappa shape index (κ3) is 5.19. The minimum absolute atomic E-state index is 0.308. The topological polar surface area (TPSA) is 84.4 Å². The van der Waals surface area contributed by atoms with E-state index in [0.29, 0.717) is 24.5 Å². The van der Waals surface area contributed by atoms with Crippen molar-refractivity contribution in [3.8, 4) is 11.8 Å². The van der Waals surface area contributed by atoms with Crippen molar-refractivity contribution in [1.29, 1.82) is 0 Å². The van der Waals surface area contributed by atoms with Gasteiger partial charge in [-0.2, -0.15) is 15.0 Å². The van der Waals surface area contributed by atoms with E-state index in [4.69, 9.17) is 9.47 Å². The predicted molar refractivity (Wildman–Crippen MR) is 101 cm³/mol. The molecule has 2 aromatic rings. The summed E-state index contributed by atoms with van der Waals surface area (Å²) in [6, 6.07) is 7.87. The molecule has 0 amide bonds. The largest absolute Gasteiger partial charge is 0.497 e. The highest BCUT2D eigenvalue weighted by atomic mass is 16.5. The summed E-state index contributed by atoms with van der Waals surface area (Å²) in [4.78, 5) is 15.5. The van der Waals surface area contributed by atoms with Crippen LogP contribution in [0.3, 0.4) is 0 Å². The second-order valence-corrected chi connectivity index (χ2v) is 6.03. The van der Waals surface area contributed by atoms with Gasteiger partial charge in [-0.15, -0.1) is 0 Å². The van der Waals surface area contributed by atoms with Gasteiger partial charge in [-0.05, 0) is 57.1 Å². The number of hydrogen-bond acceptors (Lipinski definition) is 8. The van der Waals surface area contributed by atoms with E-state index < -0.39 is 0 Å². The fraction of sp³-hybridized carbons (Fsp3) is 0.500. The molecule has 0 spiro atoms. The molecule has 0 radical (unpaired) electrons. The third-order valence-corrected chi connectivity index (χ3v) is 4.14. The minimum Gasteiger partial charge on any atom is -0.497 e. The van der Waals surface area contributed by atoms with Crippen LogP contribution in [0, 0.1) is 0 Å². The summed E-state index contributed by atoms with van der Waals surface area (Å²) in [5, 5.41) is 6.45. The lowest BCUT2D eigenvalue weighted by molar-refractivity contribution is 0.312. The molecule has 1 aromatic heterocycles. The lowest BCUT2D eigenvalue weighted by Crippen LogP contribution is -2.26. The Kier molecular flexibility index (Phi) is 6.43. The third-order valence-electron chi connectivity index (χ3n) is 4.14. The summed E-state index contributed by atoms with van der Waals surface area (Å²) in [7, 11) is 1.64. The standard InChI is InChI=1S/C18H26N6O2/c1-3-26-18-22-16(19-10-13-24-11-4-5-12-24)21-17(23-18)20-14-6-8-15(25-2)9-7-14/h6-9H,3-5,10-13H2,1-2H3,(H2,19,20,21,22,23). The Labute approximate surface area is 154 Å². The zero-order valence-corrected chi connectivity index (χ0v) is 15.4. The van der Waals surface area contributed by atoms with Crippen LogP contribution in [0.1, 0.15) is 19.8 Å². The number of anilines is 3. The van der Waals surface area contributed by atoms with Crippen molar-refractivity contribution < 1.29 is 9.47 Å². The van der Waals surface area contributed by atoms with Crippen LogP contribution in [0.15, 0.2) is 24.3 Å². The van der Waals surface area contributed by atoms with Crippen molar-refractivity contribution in [3.63, 3.8) is 0 Å². The van der Waals surface area contributed by atoms with E-state index >= 15 is 0 Å². The highest BCUT2D eigenvalue weighted by Crippen LogP contribution is 2.19. The molecule has 8 heteroatoms. The maximum Gasteiger partial charge on any atom is 0.323 e. The van der Waals surface area contributed by atoms with Crippen LogP contribution in [0.2, 0.25) is 0 Å². The first-order chi connectivity index (χ1) is 12.8. The summed E-state index contributed by atoms with van der Waals surface area (Å²) >= 11 is 0. The lowest BCUT2D eigenvalue weighted by atomic mass is 10.3. The van der Waals surface area contributed by atoms with Crippen LogP contribution in [0.4, 0.5) is 17.6 Å². The monoisotopic (exact) mass is 358 g/mol. The molecule has 8 nitrogen and oxygen atoms in total. The molecule has 0 aliphatic carbocycles. The number of nitrogens with one attached hydrogen (secondary N) is 2. The molecule has 26 heavy (non-hydrogen) atoms. The van der Waals surface area contributed by atoms with E-state index in [1.165, 1.54) is 25.9 Å². The summed E-state index contributed by atoms with van der Waals surface area (Å²) in [5.74, 6) is 1.75. The van der Waals surface area contributed by atoms with Gasteiger partial charge in [0.1, 0.15) is 5.75 Å². The molecule has 2 heterocycles. The molecular formula is C18H26N6O2. The van der Waals surface area contributed by atoms with Crippen molar-refractivity contribution in [3.05, 3.63) is 24.3 Å². The van der Waals surface area contributed by atoms with Crippen molar-refractivity contribution in [2.24, 2.45) is 0 Å². The van der Waals surface area contributed by atoms with Crippen molar-refractivity contribution in [2.75, 3.05) is 50.5 Å². The number of ether oxygens (including phenoxy) is 2. The van der Waals surface area contributed by atoms with E-state index in [9.17, 15) is 0 Å². The number of methoxy groups -OCH3 is 1. The number of hydrogen-bond donors (Lipinski definition) is 2. The Hall–Kier alpha value is -2.61. The Bertz CT molecular complexity index is 689. The van der Waals surface area contributed by atoms with Gasteiger partial charge in [0.05, 0.1) is 13.7 Å². The van der Waals surface area contributed by atoms with E-state index in [2.05, 4.69) is 30.5 Å². The molecule has 1 aliphatic heterocycles. The van der Waals surface area contributed by atoms with Crippen LogP contribution < -0.4 is 20.1 Å². The van der Waals surface area contributed by atoms with Crippen LogP contribution in [0.25, 0.3) is 0 Å². The maximum atomic E-state index is 5.47. The van der Waals surface area contributed by atoms with E-state index in [1.54, 1.807) is 7.11 Å². The SMILES string of the molecule is CCOc1nc(NCCN2CCCC2)nc(Nc2ccc(OC)cc2)n1. The van der Waals surface area contributed by atoms with E-state index in [1.807, 2.05) is 31.2 Å². The molecule has 1 aromatic carbocycles. The van der Waals surface area contributed by atoms with E-state index in [-0.39, 0.29) is 0 Å². The molecule has 0 bridgehead atoms. The fourth-order valence-corrected chi connectivity index (χ4v) is 2.82. The number of benzene rings is 1. The molecule has 140 valence electrons. The zero-order valence-electron chi connectivity index (χ0n) is 15.4. The summed E-state index contributed by atoms with van der Waals surface area (Å²) in [6.45, 7) is 6.52. The number of likely N-dealkylation sites (tertiary alicyclic amines) is 1. The Balaban J connectivity index is 1.65. The highest BCUT2D eigenvalue weighted by Gasteiger charge is 2.12. The first-order valence-corrected chi connectivity index (χ1v) is 9.03. The first kappa shape index (κ1) is 18.2.